The average Bonchev–Trinajstić information content (AvgIpc) is 2.71. The summed E-state index contributed by atoms with van der Waals surface area (Å²) in [6, 6.07) is 4.38. The van der Waals surface area contributed by atoms with Crippen molar-refractivity contribution < 1.29 is 17.6 Å². The second kappa shape index (κ2) is 5.20. The van der Waals surface area contributed by atoms with Crippen LogP contribution in [0.15, 0.2) is 24.4 Å². The first kappa shape index (κ1) is 15.0. The van der Waals surface area contributed by atoms with E-state index < -0.39 is 17.7 Å². The molecule has 1 aromatic heterocycles. The van der Waals surface area contributed by atoms with Gasteiger partial charge in [0.25, 0.3) is 0 Å². The summed E-state index contributed by atoms with van der Waals surface area (Å²) in [6.07, 6.45) is -3.70. The molecule has 1 aromatic carbocycles. The van der Waals surface area contributed by atoms with Crippen LogP contribution in [0, 0.1) is 5.82 Å². The van der Waals surface area contributed by atoms with Crippen LogP contribution in [0.5, 0.6) is 0 Å². The SMILES string of the molecule is CC(Br)c1ccc(-c2nc(C(F)(F)F)cn2C)c(F)c1. The van der Waals surface area contributed by atoms with Crippen LogP contribution in [-0.2, 0) is 13.2 Å². The third kappa shape index (κ3) is 2.87. The Balaban J connectivity index is 2.50. The van der Waals surface area contributed by atoms with Gasteiger partial charge in [0.2, 0.25) is 0 Å². The van der Waals surface area contributed by atoms with E-state index in [1.54, 1.807) is 6.07 Å². The lowest BCUT2D eigenvalue weighted by atomic mass is 10.1. The predicted octanol–water partition coefficient (Wildman–Crippen LogP) is 4.70. The quantitative estimate of drug-likeness (QED) is 0.567. The molecule has 0 spiro atoms. The maximum atomic E-state index is 14.0. The van der Waals surface area contributed by atoms with E-state index in [0.29, 0.717) is 5.56 Å². The molecule has 0 aliphatic rings. The molecule has 0 N–H and O–H groups in total. The lowest BCUT2D eigenvalue weighted by Crippen LogP contribution is -2.05. The first-order valence-electron chi connectivity index (χ1n) is 5.74. The highest BCUT2D eigenvalue weighted by Gasteiger charge is 2.34. The molecule has 1 unspecified atom stereocenters. The number of nitrogens with zero attached hydrogens (tertiary/aromatic N) is 2. The Hall–Kier alpha value is -1.37. The lowest BCUT2D eigenvalue weighted by Gasteiger charge is -2.07. The van der Waals surface area contributed by atoms with Crippen LogP contribution in [-0.4, -0.2) is 9.55 Å². The molecule has 0 saturated carbocycles. The van der Waals surface area contributed by atoms with Crippen molar-refractivity contribution in [3.8, 4) is 11.4 Å². The van der Waals surface area contributed by atoms with E-state index in [4.69, 9.17) is 0 Å². The monoisotopic (exact) mass is 350 g/mol. The van der Waals surface area contributed by atoms with Gasteiger partial charge >= 0.3 is 6.18 Å². The molecule has 0 radical (unpaired) electrons. The van der Waals surface area contributed by atoms with E-state index in [-0.39, 0.29) is 16.2 Å². The molecule has 1 atom stereocenters. The van der Waals surface area contributed by atoms with E-state index >= 15 is 0 Å². The smallest absolute Gasteiger partial charge is 0.333 e. The van der Waals surface area contributed by atoms with E-state index in [9.17, 15) is 17.6 Å². The largest absolute Gasteiger partial charge is 0.434 e. The Bertz CT molecular complexity index is 632. The standard InChI is InChI=1S/C13H11BrF4N2/c1-7(14)8-3-4-9(10(15)5-8)12-19-11(6-20(12)2)13(16,17)18/h3-7H,1-2H3. The minimum atomic E-state index is -4.54. The molecule has 0 saturated heterocycles. The minimum Gasteiger partial charge on any atom is -0.333 e. The normalized spacial score (nSPS) is 13.6. The van der Waals surface area contributed by atoms with Crippen molar-refractivity contribution in [2.45, 2.75) is 17.9 Å². The summed E-state index contributed by atoms with van der Waals surface area (Å²) in [6.45, 7) is 1.83. The highest BCUT2D eigenvalue weighted by Crippen LogP contribution is 2.32. The molecule has 0 aliphatic heterocycles. The van der Waals surface area contributed by atoms with Crippen molar-refractivity contribution in [3.05, 3.63) is 41.5 Å². The molecule has 2 nitrogen and oxygen atoms in total. The van der Waals surface area contributed by atoms with Gasteiger partial charge in [-0.15, -0.1) is 0 Å². The number of hydrogen-bond acceptors (Lipinski definition) is 1. The number of aromatic nitrogens is 2. The third-order valence-corrected chi connectivity index (χ3v) is 3.39. The molecular formula is C13H11BrF4N2. The number of imidazole rings is 1. The van der Waals surface area contributed by atoms with Gasteiger partial charge in [-0.3, -0.25) is 0 Å². The number of hydrogen-bond donors (Lipinski definition) is 0. The van der Waals surface area contributed by atoms with Crippen molar-refractivity contribution in [1.29, 1.82) is 0 Å². The van der Waals surface area contributed by atoms with E-state index in [0.717, 1.165) is 6.20 Å². The van der Waals surface area contributed by atoms with Gasteiger partial charge < -0.3 is 4.57 Å². The zero-order valence-corrected chi connectivity index (χ0v) is 12.3. The van der Waals surface area contributed by atoms with Crippen LogP contribution in [0.2, 0.25) is 0 Å². The van der Waals surface area contributed by atoms with Gasteiger partial charge in [-0.1, -0.05) is 22.0 Å². The predicted molar refractivity (Wildman–Crippen MR) is 70.9 cm³/mol. The van der Waals surface area contributed by atoms with Gasteiger partial charge in [0, 0.05) is 18.1 Å². The number of alkyl halides is 4. The van der Waals surface area contributed by atoms with E-state index in [1.165, 1.54) is 23.7 Å². The fourth-order valence-electron chi connectivity index (χ4n) is 1.81. The van der Waals surface area contributed by atoms with Crippen molar-refractivity contribution in [3.63, 3.8) is 0 Å². The van der Waals surface area contributed by atoms with Crippen LogP contribution >= 0.6 is 15.9 Å². The molecule has 2 rings (SSSR count). The van der Waals surface area contributed by atoms with Gasteiger partial charge in [-0.2, -0.15) is 13.2 Å². The minimum absolute atomic E-state index is 0.0416. The highest BCUT2D eigenvalue weighted by atomic mass is 79.9. The fraction of sp³-hybridized carbons (Fsp3) is 0.308. The molecule has 1 heterocycles. The summed E-state index contributed by atoms with van der Waals surface area (Å²) >= 11 is 3.31. The fourth-order valence-corrected chi connectivity index (χ4v) is 2.10. The van der Waals surface area contributed by atoms with Crippen LogP contribution < -0.4 is 0 Å². The van der Waals surface area contributed by atoms with Gasteiger partial charge in [-0.05, 0) is 24.6 Å². The third-order valence-electron chi connectivity index (χ3n) is 2.86. The molecule has 0 fully saturated rings. The molecular weight excluding hydrogens is 340 g/mol. The van der Waals surface area contributed by atoms with Gasteiger partial charge in [-0.25, -0.2) is 9.37 Å². The molecule has 2 aromatic rings. The highest BCUT2D eigenvalue weighted by molar-refractivity contribution is 9.09. The van der Waals surface area contributed by atoms with Crippen molar-refractivity contribution >= 4 is 15.9 Å². The molecule has 20 heavy (non-hydrogen) atoms. The summed E-state index contributed by atoms with van der Waals surface area (Å²) in [5.74, 6) is -0.653. The van der Waals surface area contributed by atoms with Gasteiger partial charge in [0.05, 0.1) is 5.56 Å². The van der Waals surface area contributed by atoms with Crippen LogP contribution in [0.1, 0.15) is 23.0 Å². The Kier molecular flexibility index (Phi) is 3.90. The van der Waals surface area contributed by atoms with E-state index in [1.807, 2.05) is 6.92 Å². The first-order valence-corrected chi connectivity index (χ1v) is 6.66. The Morgan fingerprint density at radius 3 is 2.40 bits per heavy atom. The zero-order valence-electron chi connectivity index (χ0n) is 10.7. The van der Waals surface area contributed by atoms with Crippen LogP contribution in [0.3, 0.4) is 0 Å². The first-order chi connectivity index (χ1) is 9.20. The average molecular weight is 351 g/mol. The molecule has 0 amide bonds. The van der Waals surface area contributed by atoms with Crippen molar-refractivity contribution in [2.24, 2.45) is 7.05 Å². The maximum Gasteiger partial charge on any atom is 0.434 e. The summed E-state index contributed by atoms with van der Waals surface area (Å²) in [7, 11) is 1.40. The second-order valence-corrected chi connectivity index (χ2v) is 5.79. The van der Waals surface area contributed by atoms with Crippen molar-refractivity contribution in [1.82, 2.24) is 9.55 Å². The maximum absolute atomic E-state index is 14.0. The summed E-state index contributed by atoms with van der Waals surface area (Å²) in [5.41, 5.74) is -0.288. The molecule has 0 aliphatic carbocycles. The summed E-state index contributed by atoms with van der Waals surface area (Å²) in [5, 5.41) is 0. The lowest BCUT2D eigenvalue weighted by molar-refractivity contribution is -0.140. The van der Waals surface area contributed by atoms with Crippen LogP contribution in [0.4, 0.5) is 17.6 Å². The van der Waals surface area contributed by atoms with Crippen LogP contribution in [0.25, 0.3) is 11.4 Å². The summed E-state index contributed by atoms with van der Waals surface area (Å²) in [4.78, 5) is 3.43. The molecule has 108 valence electrons. The Labute approximate surface area is 121 Å². The topological polar surface area (TPSA) is 17.8 Å². The van der Waals surface area contributed by atoms with Gasteiger partial charge in [0.15, 0.2) is 5.69 Å². The number of aryl methyl sites for hydroxylation is 1. The Morgan fingerprint density at radius 1 is 1.30 bits per heavy atom. The second-order valence-electron chi connectivity index (χ2n) is 4.41. The molecule has 0 bridgehead atoms. The zero-order chi connectivity index (χ0) is 15.1. The Morgan fingerprint density at radius 2 is 1.95 bits per heavy atom. The molecule has 7 heteroatoms. The number of halogens is 5. The number of rotatable bonds is 2. The number of benzene rings is 1. The van der Waals surface area contributed by atoms with Crippen molar-refractivity contribution in [2.75, 3.05) is 0 Å². The summed E-state index contributed by atoms with van der Waals surface area (Å²) < 4.78 is 53.0. The van der Waals surface area contributed by atoms with Gasteiger partial charge in [0.1, 0.15) is 11.6 Å². The van der Waals surface area contributed by atoms with E-state index in [2.05, 4.69) is 20.9 Å².